The van der Waals surface area contributed by atoms with E-state index in [4.69, 9.17) is 5.73 Å². The first-order valence-corrected chi connectivity index (χ1v) is 8.24. The predicted octanol–water partition coefficient (Wildman–Crippen LogP) is 2.86. The minimum Gasteiger partial charge on any atom is -0.327 e. The standard InChI is InChI=1S/C20H22N2O2/c1-13-7-8-15(14(2)11-13)12-16(21)9-10-22-19(23)17-5-3-4-6-18(17)20(22)24/h3-8,11,16H,9-10,12,21H2,1-2H3. The van der Waals surface area contributed by atoms with Crippen LogP contribution in [0.3, 0.4) is 0 Å². The average Bonchev–Trinajstić information content (AvgIpc) is 2.80. The Labute approximate surface area is 142 Å². The molecule has 0 saturated carbocycles. The Morgan fingerprint density at radius 1 is 1.00 bits per heavy atom. The van der Waals surface area contributed by atoms with Crippen LogP contribution in [0.25, 0.3) is 0 Å². The SMILES string of the molecule is Cc1ccc(CC(N)CCN2C(=O)c3ccccc3C2=O)c(C)c1. The summed E-state index contributed by atoms with van der Waals surface area (Å²) in [6.45, 7) is 4.51. The molecule has 4 nitrogen and oxygen atoms in total. The molecule has 1 atom stereocenters. The molecule has 1 aliphatic rings. The summed E-state index contributed by atoms with van der Waals surface area (Å²) in [5.41, 5.74) is 10.9. The Morgan fingerprint density at radius 3 is 2.21 bits per heavy atom. The molecular formula is C20H22N2O2. The van der Waals surface area contributed by atoms with Crippen LogP contribution in [0.1, 0.15) is 43.8 Å². The number of amides is 2. The van der Waals surface area contributed by atoms with Crippen molar-refractivity contribution in [3.05, 3.63) is 70.3 Å². The van der Waals surface area contributed by atoms with Gasteiger partial charge >= 0.3 is 0 Å². The molecule has 3 rings (SSSR count). The number of rotatable bonds is 5. The minimum absolute atomic E-state index is 0.0873. The van der Waals surface area contributed by atoms with Gasteiger partial charge in [-0.15, -0.1) is 0 Å². The molecule has 2 aromatic carbocycles. The monoisotopic (exact) mass is 322 g/mol. The first kappa shape index (κ1) is 16.4. The highest BCUT2D eigenvalue weighted by atomic mass is 16.2. The fourth-order valence-electron chi connectivity index (χ4n) is 3.20. The fourth-order valence-corrected chi connectivity index (χ4v) is 3.20. The lowest BCUT2D eigenvalue weighted by Crippen LogP contribution is -2.35. The van der Waals surface area contributed by atoms with E-state index in [0.717, 1.165) is 6.42 Å². The Hall–Kier alpha value is -2.46. The van der Waals surface area contributed by atoms with Gasteiger partial charge in [0, 0.05) is 12.6 Å². The van der Waals surface area contributed by atoms with Crippen LogP contribution in [-0.4, -0.2) is 29.3 Å². The lowest BCUT2D eigenvalue weighted by atomic mass is 9.98. The molecule has 0 saturated heterocycles. The van der Waals surface area contributed by atoms with Crippen LogP contribution in [-0.2, 0) is 6.42 Å². The summed E-state index contributed by atoms with van der Waals surface area (Å²) in [4.78, 5) is 26.0. The molecule has 2 aromatic rings. The number of fused-ring (bicyclic) bond motifs is 1. The van der Waals surface area contributed by atoms with E-state index in [1.165, 1.54) is 21.6 Å². The first-order chi connectivity index (χ1) is 11.5. The van der Waals surface area contributed by atoms with E-state index in [1.54, 1.807) is 24.3 Å². The first-order valence-electron chi connectivity index (χ1n) is 8.24. The number of carbonyl (C=O) groups is 2. The van der Waals surface area contributed by atoms with Gasteiger partial charge in [-0.1, -0.05) is 35.9 Å². The molecule has 1 heterocycles. The number of aryl methyl sites for hydroxylation is 2. The molecule has 1 unspecified atom stereocenters. The predicted molar refractivity (Wildman–Crippen MR) is 94.0 cm³/mol. The van der Waals surface area contributed by atoms with Crippen molar-refractivity contribution in [2.75, 3.05) is 6.54 Å². The Kier molecular flexibility index (Phi) is 4.49. The van der Waals surface area contributed by atoms with Gasteiger partial charge < -0.3 is 5.73 Å². The molecule has 0 aliphatic carbocycles. The maximum absolute atomic E-state index is 12.3. The normalized spacial score (nSPS) is 14.9. The molecule has 4 heteroatoms. The number of imide groups is 1. The van der Waals surface area contributed by atoms with Crippen LogP contribution >= 0.6 is 0 Å². The average molecular weight is 322 g/mol. The van der Waals surface area contributed by atoms with Gasteiger partial charge in [0.15, 0.2) is 0 Å². The molecular weight excluding hydrogens is 300 g/mol. The van der Waals surface area contributed by atoms with Gasteiger partial charge in [0.05, 0.1) is 11.1 Å². The maximum atomic E-state index is 12.3. The van der Waals surface area contributed by atoms with Gasteiger partial charge in [0.2, 0.25) is 0 Å². The zero-order valence-electron chi connectivity index (χ0n) is 14.1. The number of benzene rings is 2. The molecule has 0 aromatic heterocycles. The largest absolute Gasteiger partial charge is 0.327 e. The summed E-state index contributed by atoms with van der Waals surface area (Å²) in [6, 6.07) is 13.2. The summed E-state index contributed by atoms with van der Waals surface area (Å²) in [6.07, 6.45) is 1.34. The van der Waals surface area contributed by atoms with Crippen molar-refractivity contribution >= 4 is 11.8 Å². The number of nitrogens with zero attached hydrogens (tertiary/aromatic N) is 1. The fraction of sp³-hybridized carbons (Fsp3) is 0.300. The van der Waals surface area contributed by atoms with Crippen molar-refractivity contribution in [2.24, 2.45) is 5.73 Å². The van der Waals surface area contributed by atoms with Crippen LogP contribution in [0.4, 0.5) is 0 Å². The summed E-state index contributed by atoms with van der Waals surface area (Å²) < 4.78 is 0. The van der Waals surface area contributed by atoms with Crippen LogP contribution in [0.2, 0.25) is 0 Å². The summed E-state index contributed by atoms with van der Waals surface area (Å²) in [5.74, 6) is -0.427. The number of nitrogens with two attached hydrogens (primary N) is 1. The highest BCUT2D eigenvalue weighted by Gasteiger charge is 2.34. The second kappa shape index (κ2) is 6.57. The topological polar surface area (TPSA) is 63.4 Å². The van der Waals surface area contributed by atoms with Gasteiger partial charge in [-0.05, 0) is 49.9 Å². The molecule has 124 valence electrons. The van der Waals surface area contributed by atoms with Gasteiger partial charge in [0.25, 0.3) is 11.8 Å². The van der Waals surface area contributed by atoms with Crippen molar-refractivity contribution in [3.63, 3.8) is 0 Å². The van der Waals surface area contributed by atoms with E-state index in [9.17, 15) is 9.59 Å². The molecule has 2 N–H and O–H groups in total. The molecule has 0 fully saturated rings. The smallest absolute Gasteiger partial charge is 0.261 e. The quantitative estimate of drug-likeness (QED) is 0.861. The van der Waals surface area contributed by atoms with Crippen LogP contribution in [0.15, 0.2) is 42.5 Å². The van der Waals surface area contributed by atoms with Crippen molar-refractivity contribution in [3.8, 4) is 0 Å². The lowest BCUT2D eigenvalue weighted by molar-refractivity contribution is 0.0650. The Balaban J connectivity index is 1.62. The highest BCUT2D eigenvalue weighted by Crippen LogP contribution is 2.23. The van der Waals surface area contributed by atoms with Gasteiger partial charge in [0.1, 0.15) is 0 Å². The summed E-state index contributed by atoms with van der Waals surface area (Å²) in [7, 11) is 0. The summed E-state index contributed by atoms with van der Waals surface area (Å²) >= 11 is 0. The van der Waals surface area contributed by atoms with E-state index >= 15 is 0 Å². The van der Waals surface area contributed by atoms with Crippen molar-refractivity contribution in [1.82, 2.24) is 4.90 Å². The van der Waals surface area contributed by atoms with E-state index in [-0.39, 0.29) is 17.9 Å². The lowest BCUT2D eigenvalue weighted by Gasteiger charge is -2.18. The van der Waals surface area contributed by atoms with E-state index in [0.29, 0.717) is 24.1 Å². The minimum atomic E-state index is -0.214. The van der Waals surface area contributed by atoms with Crippen molar-refractivity contribution < 1.29 is 9.59 Å². The van der Waals surface area contributed by atoms with Gasteiger partial charge in [-0.25, -0.2) is 0 Å². The van der Waals surface area contributed by atoms with Gasteiger partial charge in [-0.2, -0.15) is 0 Å². The van der Waals surface area contributed by atoms with Crippen LogP contribution in [0, 0.1) is 13.8 Å². The highest BCUT2D eigenvalue weighted by molar-refractivity contribution is 6.21. The molecule has 0 bridgehead atoms. The zero-order valence-corrected chi connectivity index (χ0v) is 14.1. The third-order valence-corrected chi connectivity index (χ3v) is 4.58. The third-order valence-electron chi connectivity index (χ3n) is 4.58. The summed E-state index contributed by atoms with van der Waals surface area (Å²) in [5, 5.41) is 0. The second-order valence-corrected chi connectivity index (χ2v) is 6.49. The third kappa shape index (κ3) is 3.10. The zero-order chi connectivity index (χ0) is 17.3. The van der Waals surface area contributed by atoms with Crippen LogP contribution in [0.5, 0.6) is 0 Å². The molecule has 24 heavy (non-hydrogen) atoms. The van der Waals surface area contributed by atoms with E-state index in [2.05, 4.69) is 32.0 Å². The number of carbonyl (C=O) groups excluding carboxylic acids is 2. The van der Waals surface area contributed by atoms with Crippen molar-refractivity contribution in [1.29, 1.82) is 0 Å². The van der Waals surface area contributed by atoms with E-state index in [1.807, 2.05) is 0 Å². The molecule has 1 aliphatic heterocycles. The molecule has 2 amide bonds. The number of hydrogen-bond donors (Lipinski definition) is 1. The molecule has 0 radical (unpaired) electrons. The van der Waals surface area contributed by atoms with Crippen LogP contribution < -0.4 is 5.73 Å². The second-order valence-electron chi connectivity index (χ2n) is 6.49. The van der Waals surface area contributed by atoms with Crippen molar-refractivity contribution in [2.45, 2.75) is 32.7 Å². The van der Waals surface area contributed by atoms with E-state index < -0.39 is 0 Å². The Bertz CT molecular complexity index is 763. The molecule has 0 spiro atoms. The number of hydrogen-bond acceptors (Lipinski definition) is 3. The maximum Gasteiger partial charge on any atom is 0.261 e. The Morgan fingerprint density at radius 2 is 1.62 bits per heavy atom. The van der Waals surface area contributed by atoms with Gasteiger partial charge in [-0.3, -0.25) is 14.5 Å².